The lowest BCUT2D eigenvalue weighted by atomic mass is 10.2. The van der Waals surface area contributed by atoms with Gasteiger partial charge in [-0.25, -0.2) is 15.0 Å². The van der Waals surface area contributed by atoms with Crippen molar-refractivity contribution in [1.29, 1.82) is 0 Å². The van der Waals surface area contributed by atoms with Gasteiger partial charge in [-0.05, 0) is 48.0 Å². The smallest absolute Gasteiger partial charge is 0.219 e. The topological polar surface area (TPSA) is 82.3 Å². The molecule has 0 amide bonds. The van der Waals surface area contributed by atoms with Gasteiger partial charge in [0, 0.05) is 24.2 Å². The van der Waals surface area contributed by atoms with Crippen LogP contribution in [-0.4, -0.2) is 22.1 Å². The molecule has 2 aromatic carbocycles. The summed E-state index contributed by atoms with van der Waals surface area (Å²) < 4.78 is 17.0. The quantitative estimate of drug-likeness (QED) is 0.422. The molecule has 5 rings (SSSR count). The lowest BCUT2D eigenvalue weighted by molar-refractivity contribution is 0.412. The Balaban J connectivity index is 1.35. The Bertz CT molecular complexity index is 1320. The van der Waals surface area contributed by atoms with E-state index in [2.05, 4.69) is 20.3 Å². The molecule has 3 aromatic heterocycles. The molecule has 0 saturated carbocycles. The van der Waals surface area contributed by atoms with Crippen LogP contribution in [0.4, 0.5) is 5.82 Å². The van der Waals surface area contributed by atoms with Crippen molar-refractivity contribution in [2.24, 2.45) is 0 Å². The van der Waals surface area contributed by atoms with Gasteiger partial charge in [0.2, 0.25) is 5.88 Å². The van der Waals surface area contributed by atoms with Crippen LogP contribution in [0.3, 0.4) is 0 Å². The molecule has 0 atom stereocenters. The van der Waals surface area contributed by atoms with E-state index in [1.165, 1.54) is 6.33 Å². The zero-order valence-corrected chi connectivity index (χ0v) is 16.2. The van der Waals surface area contributed by atoms with Crippen LogP contribution in [0.1, 0.15) is 5.56 Å². The van der Waals surface area contributed by atoms with E-state index >= 15 is 0 Å². The minimum atomic E-state index is 0.510. The normalized spacial score (nSPS) is 11.0. The number of rotatable bonds is 6. The van der Waals surface area contributed by atoms with Crippen LogP contribution in [0.15, 0.2) is 77.6 Å². The van der Waals surface area contributed by atoms with Crippen LogP contribution < -0.4 is 14.8 Å². The molecule has 1 N–H and O–H groups in total. The number of para-hydroxylation sites is 1. The molecule has 0 radical (unpaired) electrons. The number of anilines is 1. The lowest BCUT2D eigenvalue weighted by Gasteiger charge is -2.09. The SMILES string of the molecule is COc1ccc(Oc2cc(CNc3ncnc4c3oc3ccccc34)ccn2)cc1. The number of nitrogens with zero attached hydrogens (tertiary/aromatic N) is 3. The molecule has 0 spiro atoms. The van der Waals surface area contributed by atoms with Gasteiger partial charge in [-0.1, -0.05) is 12.1 Å². The first-order valence-corrected chi connectivity index (χ1v) is 9.43. The van der Waals surface area contributed by atoms with E-state index in [4.69, 9.17) is 13.9 Å². The van der Waals surface area contributed by atoms with Gasteiger partial charge in [0.05, 0.1) is 7.11 Å². The largest absolute Gasteiger partial charge is 0.497 e. The first-order valence-electron chi connectivity index (χ1n) is 9.43. The Kier molecular flexibility index (Phi) is 4.61. The number of nitrogens with one attached hydrogen (secondary N) is 1. The molecule has 0 saturated heterocycles. The molecule has 5 aromatic rings. The van der Waals surface area contributed by atoms with E-state index in [0.717, 1.165) is 27.8 Å². The Morgan fingerprint density at radius 2 is 1.77 bits per heavy atom. The fourth-order valence-electron chi connectivity index (χ4n) is 3.22. The second kappa shape index (κ2) is 7.71. The highest BCUT2D eigenvalue weighted by atomic mass is 16.5. The highest BCUT2D eigenvalue weighted by Crippen LogP contribution is 2.30. The van der Waals surface area contributed by atoms with Crippen molar-refractivity contribution in [3.05, 3.63) is 78.8 Å². The molecular weight excluding hydrogens is 380 g/mol. The van der Waals surface area contributed by atoms with E-state index in [1.54, 1.807) is 13.3 Å². The molecule has 7 nitrogen and oxygen atoms in total. The van der Waals surface area contributed by atoms with Crippen LogP contribution in [0.25, 0.3) is 22.1 Å². The van der Waals surface area contributed by atoms with Crippen molar-refractivity contribution < 1.29 is 13.9 Å². The monoisotopic (exact) mass is 398 g/mol. The number of benzene rings is 2. The lowest BCUT2D eigenvalue weighted by Crippen LogP contribution is -2.02. The number of fused-ring (bicyclic) bond motifs is 3. The summed E-state index contributed by atoms with van der Waals surface area (Å²) in [4.78, 5) is 13.0. The summed E-state index contributed by atoms with van der Waals surface area (Å²) in [5.41, 5.74) is 3.22. The maximum atomic E-state index is 5.96. The average Bonchev–Trinajstić information content (AvgIpc) is 3.18. The molecule has 7 heteroatoms. The van der Waals surface area contributed by atoms with E-state index in [1.807, 2.05) is 60.7 Å². The Morgan fingerprint density at radius 3 is 2.63 bits per heavy atom. The standard InChI is InChI=1S/C23H18N4O3/c1-28-16-6-8-17(9-7-16)29-20-12-15(10-11-24-20)13-25-23-22-21(26-14-27-23)18-4-2-3-5-19(18)30-22/h2-12,14H,13H2,1H3,(H,25,26,27). The molecule has 0 aliphatic carbocycles. The molecule has 0 fully saturated rings. The van der Waals surface area contributed by atoms with Gasteiger partial charge in [-0.3, -0.25) is 0 Å². The summed E-state index contributed by atoms with van der Waals surface area (Å²) in [6.45, 7) is 0.532. The number of furan rings is 1. The molecule has 0 unspecified atom stereocenters. The third-order valence-corrected chi connectivity index (χ3v) is 4.70. The first-order chi connectivity index (χ1) is 14.8. The first kappa shape index (κ1) is 17.9. The summed E-state index contributed by atoms with van der Waals surface area (Å²) in [6, 6.07) is 19.0. The van der Waals surface area contributed by atoms with Crippen LogP contribution in [0.5, 0.6) is 17.4 Å². The molecule has 3 heterocycles. The van der Waals surface area contributed by atoms with Crippen molar-refractivity contribution in [2.75, 3.05) is 12.4 Å². The van der Waals surface area contributed by atoms with Gasteiger partial charge in [0.1, 0.15) is 28.9 Å². The van der Waals surface area contributed by atoms with Crippen LogP contribution in [0, 0.1) is 0 Å². The predicted molar refractivity (Wildman–Crippen MR) is 114 cm³/mol. The van der Waals surface area contributed by atoms with Gasteiger partial charge >= 0.3 is 0 Å². The molecule has 30 heavy (non-hydrogen) atoms. The minimum absolute atomic E-state index is 0.510. The van der Waals surface area contributed by atoms with Gasteiger partial charge < -0.3 is 19.2 Å². The van der Waals surface area contributed by atoms with E-state index in [0.29, 0.717) is 29.6 Å². The minimum Gasteiger partial charge on any atom is -0.497 e. The van der Waals surface area contributed by atoms with Gasteiger partial charge in [-0.15, -0.1) is 0 Å². The van der Waals surface area contributed by atoms with Crippen molar-refractivity contribution >= 4 is 27.9 Å². The average molecular weight is 398 g/mol. The fraction of sp³-hybridized carbons (Fsp3) is 0.0870. The molecule has 148 valence electrons. The van der Waals surface area contributed by atoms with Gasteiger partial charge in [-0.2, -0.15) is 0 Å². The number of aromatic nitrogens is 3. The maximum absolute atomic E-state index is 5.96. The predicted octanol–water partition coefficient (Wildman–Crippen LogP) is 5.18. The number of hydrogen-bond acceptors (Lipinski definition) is 7. The van der Waals surface area contributed by atoms with Crippen molar-refractivity contribution in [1.82, 2.24) is 15.0 Å². The van der Waals surface area contributed by atoms with E-state index in [-0.39, 0.29) is 0 Å². The van der Waals surface area contributed by atoms with Crippen LogP contribution >= 0.6 is 0 Å². The summed E-state index contributed by atoms with van der Waals surface area (Å²) in [5, 5.41) is 4.30. The molecule has 0 bridgehead atoms. The van der Waals surface area contributed by atoms with Gasteiger partial charge in [0.25, 0.3) is 0 Å². The van der Waals surface area contributed by atoms with Crippen molar-refractivity contribution in [3.63, 3.8) is 0 Å². The second-order valence-electron chi connectivity index (χ2n) is 6.63. The highest BCUT2D eigenvalue weighted by molar-refractivity contribution is 6.05. The number of hydrogen-bond donors (Lipinski definition) is 1. The Labute approximate surface area is 172 Å². The fourth-order valence-corrected chi connectivity index (χ4v) is 3.22. The summed E-state index contributed by atoms with van der Waals surface area (Å²) in [5.74, 6) is 2.62. The zero-order valence-electron chi connectivity index (χ0n) is 16.2. The van der Waals surface area contributed by atoms with Crippen LogP contribution in [-0.2, 0) is 6.54 Å². The summed E-state index contributed by atoms with van der Waals surface area (Å²) in [7, 11) is 1.63. The molecule has 0 aliphatic heterocycles. The summed E-state index contributed by atoms with van der Waals surface area (Å²) >= 11 is 0. The third-order valence-electron chi connectivity index (χ3n) is 4.70. The number of ether oxygens (including phenoxy) is 2. The number of pyridine rings is 1. The highest BCUT2D eigenvalue weighted by Gasteiger charge is 2.12. The third kappa shape index (κ3) is 3.48. The van der Waals surface area contributed by atoms with Crippen molar-refractivity contribution in [3.8, 4) is 17.4 Å². The van der Waals surface area contributed by atoms with E-state index < -0.39 is 0 Å². The molecular formula is C23H18N4O3. The van der Waals surface area contributed by atoms with Crippen molar-refractivity contribution in [2.45, 2.75) is 6.54 Å². The Morgan fingerprint density at radius 1 is 0.933 bits per heavy atom. The molecule has 0 aliphatic rings. The zero-order chi connectivity index (χ0) is 20.3. The Hall–Kier alpha value is -4.13. The maximum Gasteiger partial charge on any atom is 0.219 e. The summed E-state index contributed by atoms with van der Waals surface area (Å²) in [6.07, 6.45) is 3.25. The second-order valence-corrected chi connectivity index (χ2v) is 6.63. The number of methoxy groups -OCH3 is 1. The van der Waals surface area contributed by atoms with E-state index in [9.17, 15) is 0 Å². The van der Waals surface area contributed by atoms with Crippen LogP contribution in [0.2, 0.25) is 0 Å². The van der Waals surface area contributed by atoms with Gasteiger partial charge in [0.15, 0.2) is 11.4 Å².